The quantitative estimate of drug-likeness (QED) is 0.522. The van der Waals surface area contributed by atoms with Gasteiger partial charge in [0, 0.05) is 17.7 Å². The highest BCUT2D eigenvalue weighted by atomic mass is 16.5. The predicted octanol–water partition coefficient (Wildman–Crippen LogP) is 3.27. The van der Waals surface area contributed by atoms with Gasteiger partial charge in [-0.3, -0.25) is 4.79 Å². The highest BCUT2D eigenvalue weighted by Crippen LogP contribution is 2.38. The first kappa shape index (κ1) is 20.8. The van der Waals surface area contributed by atoms with Crippen molar-refractivity contribution in [3.63, 3.8) is 0 Å². The van der Waals surface area contributed by atoms with Crippen LogP contribution in [0.15, 0.2) is 47.3 Å². The number of anilines is 3. The first-order chi connectivity index (χ1) is 14.5. The van der Waals surface area contributed by atoms with Gasteiger partial charge in [-0.2, -0.15) is 10.1 Å². The number of nitrogens with zero attached hydrogens (tertiary/aromatic N) is 2. The molecule has 30 heavy (non-hydrogen) atoms. The summed E-state index contributed by atoms with van der Waals surface area (Å²) in [6, 6.07) is 12.2. The lowest BCUT2D eigenvalue weighted by Crippen LogP contribution is -2.16. The molecule has 3 N–H and O–H groups in total. The van der Waals surface area contributed by atoms with Gasteiger partial charge in [-0.1, -0.05) is 18.2 Å². The van der Waals surface area contributed by atoms with Gasteiger partial charge in [-0.05, 0) is 32.9 Å². The molecule has 0 aliphatic rings. The molecule has 1 amide bonds. The van der Waals surface area contributed by atoms with Crippen LogP contribution in [0.2, 0.25) is 0 Å². The Balaban J connectivity index is 1.99. The number of aryl methyl sites for hydroxylation is 1. The minimum Gasteiger partial charge on any atom is -0.492 e. The van der Waals surface area contributed by atoms with Crippen LogP contribution < -0.4 is 25.8 Å². The Morgan fingerprint density at radius 1 is 1.03 bits per heavy atom. The standard InChI is InChI=1S/C21H23N5O4/c1-4-29-17-12-16(23-20(27)14-9-7-6-8-10-14)18(30-5-2)11-15(17)22-19-13(3)25-26-21(28)24-19/h6-12H,4-5H2,1-3H3,(H,23,27)(H2,22,24,26,28). The van der Waals surface area contributed by atoms with Crippen molar-refractivity contribution in [2.24, 2.45) is 0 Å². The summed E-state index contributed by atoms with van der Waals surface area (Å²) in [4.78, 5) is 28.1. The average Bonchev–Trinajstić information content (AvgIpc) is 2.74. The molecule has 0 atom stereocenters. The van der Waals surface area contributed by atoms with Crippen LogP contribution in [0.25, 0.3) is 0 Å². The van der Waals surface area contributed by atoms with E-state index in [1.54, 1.807) is 43.3 Å². The number of amides is 1. The third kappa shape index (κ3) is 4.93. The smallest absolute Gasteiger partial charge is 0.363 e. The van der Waals surface area contributed by atoms with Crippen molar-refractivity contribution in [2.75, 3.05) is 23.8 Å². The average molecular weight is 409 g/mol. The van der Waals surface area contributed by atoms with Gasteiger partial charge >= 0.3 is 5.69 Å². The maximum absolute atomic E-state index is 12.6. The fourth-order valence-corrected chi connectivity index (χ4v) is 2.73. The summed E-state index contributed by atoms with van der Waals surface area (Å²) in [7, 11) is 0. The number of H-pyrrole nitrogens is 1. The number of ether oxygens (including phenoxy) is 2. The number of benzene rings is 2. The highest BCUT2D eigenvalue weighted by molar-refractivity contribution is 6.05. The fraction of sp³-hybridized carbons (Fsp3) is 0.238. The van der Waals surface area contributed by atoms with Crippen LogP contribution in [0.1, 0.15) is 29.9 Å². The van der Waals surface area contributed by atoms with Crippen molar-refractivity contribution in [3.8, 4) is 11.5 Å². The summed E-state index contributed by atoms with van der Waals surface area (Å²) in [5.41, 5.74) is 1.46. The first-order valence-electron chi connectivity index (χ1n) is 9.52. The predicted molar refractivity (Wildman–Crippen MR) is 114 cm³/mol. The van der Waals surface area contributed by atoms with Crippen molar-refractivity contribution in [2.45, 2.75) is 20.8 Å². The van der Waals surface area contributed by atoms with Crippen molar-refractivity contribution in [3.05, 3.63) is 64.2 Å². The van der Waals surface area contributed by atoms with E-state index in [4.69, 9.17) is 9.47 Å². The molecule has 0 bridgehead atoms. The molecule has 0 spiro atoms. The molecule has 9 heteroatoms. The summed E-state index contributed by atoms with van der Waals surface area (Å²) >= 11 is 0. The van der Waals surface area contributed by atoms with Crippen LogP contribution >= 0.6 is 0 Å². The molecule has 0 unspecified atom stereocenters. The molecule has 0 fully saturated rings. The second-order valence-corrected chi connectivity index (χ2v) is 6.23. The van der Waals surface area contributed by atoms with E-state index in [9.17, 15) is 9.59 Å². The number of aromatic amines is 1. The normalized spacial score (nSPS) is 10.4. The van der Waals surface area contributed by atoms with E-state index in [0.29, 0.717) is 53.2 Å². The number of carbonyl (C=O) groups excluding carboxylic acids is 1. The molecule has 3 aromatic rings. The number of rotatable bonds is 8. The zero-order valence-electron chi connectivity index (χ0n) is 17.0. The van der Waals surface area contributed by atoms with Crippen LogP contribution in [0.3, 0.4) is 0 Å². The van der Waals surface area contributed by atoms with Crippen LogP contribution in [-0.4, -0.2) is 34.3 Å². The van der Waals surface area contributed by atoms with E-state index in [0.717, 1.165) is 0 Å². The molecule has 156 valence electrons. The van der Waals surface area contributed by atoms with Crippen molar-refractivity contribution in [1.82, 2.24) is 15.2 Å². The topological polar surface area (TPSA) is 118 Å². The molecule has 0 aliphatic carbocycles. The lowest BCUT2D eigenvalue weighted by molar-refractivity contribution is 0.102. The molecule has 0 saturated heterocycles. The molecule has 2 aromatic carbocycles. The lowest BCUT2D eigenvalue weighted by atomic mass is 10.2. The van der Waals surface area contributed by atoms with E-state index < -0.39 is 5.69 Å². The number of nitrogens with one attached hydrogen (secondary N) is 3. The van der Waals surface area contributed by atoms with Gasteiger partial charge < -0.3 is 20.1 Å². The van der Waals surface area contributed by atoms with Crippen LogP contribution in [-0.2, 0) is 0 Å². The van der Waals surface area contributed by atoms with Gasteiger partial charge in [0.05, 0.1) is 24.6 Å². The minimum atomic E-state index is -0.571. The Bertz CT molecular complexity index is 1080. The molecule has 0 saturated carbocycles. The molecule has 1 heterocycles. The third-order valence-electron chi connectivity index (χ3n) is 4.09. The van der Waals surface area contributed by atoms with Gasteiger partial charge in [-0.15, -0.1) is 0 Å². The summed E-state index contributed by atoms with van der Waals surface area (Å²) in [5.74, 6) is 0.938. The van der Waals surface area contributed by atoms with E-state index in [1.807, 2.05) is 19.9 Å². The van der Waals surface area contributed by atoms with Crippen LogP contribution in [0.5, 0.6) is 11.5 Å². The molecule has 0 aliphatic heterocycles. The second-order valence-electron chi connectivity index (χ2n) is 6.23. The van der Waals surface area contributed by atoms with Crippen molar-refractivity contribution < 1.29 is 14.3 Å². The number of hydrogen-bond donors (Lipinski definition) is 3. The summed E-state index contributed by atoms with van der Waals surface area (Å²) < 4.78 is 11.5. The van der Waals surface area contributed by atoms with Crippen molar-refractivity contribution >= 4 is 23.1 Å². The van der Waals surface area contributed by atoms with E-state index in [2.05, 4.69) is 25.8 Å². The zero-order valence-corrected chi connectivity index (χ0v) is 17.0. The fourth-order valence-electron chi connectivity index (χ4n) is 2.73. The van der Waals surface area contributed by atoms with Gasteiger partial charge in [0.15, 0.2) is 5.82 Å². The summed E-state index contributed by atoms with van der Waals surface area (Å²) in [5, 5.41) is 12.1. The van der Waals surface area contributed by atoms with Crippen LogP contribution in [0, 0.1) is 6.92 Å². The largest absolute Gasteiger partial charge is 0.492 e. The molecule has 1 aromatic heterocycles. The van der Waals surface area contributed by atoms with E-state index in [1.165, 1.54) is 0 Å². The van der Waals surface area contributed by atoms with Gasteiger partial charge in [-0.25, -0.2) is 9.89 Å². The Morgan fingerprint density at radius 3 is 2.33 bits per heavy atom. The molecular formula is C21H23N5O4. The van der Waals surface area contributed by atoms with Crippen LogP contribution in [0.4, 0.5) is 17.2 Å². The van der Waals surface area contributed by atoms with Gasteiger partial charge in [0.1, 0.15) is 17.2 Å². The minimum absolute atomic E-state index is 0.268. The first-order valence-corrected chi connectivity index (χ1v) is 9.52. The molecule has 3 rings (SSSR count). The highest BCUT2D eigenvalue weighted by Gasteiger charge is 2.17. The Labute approximate surface area is 173 Å². The summed E-state index contributed by atoms with van der Waals surface area (Å²) in [6.07, 6.45) is 0. The van der Waals surface area contributed by atoms with Crippen molar-refractivity contribution in [1.29, 1.82) is 0 Å². The third-order valence-corrected chi connectivity index (χ3v) is 4.09. The summed E-state index contributed by atoms with van der Waals surface area (Å²) in [6.45, 7) is 6.20. The Hall–Kier alpha value is -3.88. The maximum Gasteiger partial charge on any atom is 0.363 e. The molecular weight excluding hydrogens is 386 g/mol. The Morgan fingerprint density at radius 2 is 1.67 bits per heavy atom. The number of aromatic nitrogens is 3. The lowest BCUT2D eigenvalue weighted by Gasteiger charge is -2.18. The second kappa shape index (κ2) is 9.55. The number of hydrogen-bond acceptors (Lipinski definition) is 7. The number of carbonyl (C=O) groups is 1. The van der Waals surface area contributed by atoms with E-state index in [-0.39, 0.29) is 5.91 Å². The van der Waals surface area contributed by atoms with E-state index >= 15 is 0 Å². The zero-order chi connectivity index (χ0) is 21.5. The monoisotopic (exact) mass is 409 g/mol. The maximum atomic E-state index is 12.6. The molecule has 0 radical (unpaired) electrons. The molecule has 9 nitrogen and oxygen atoms in total. The Kier molecular flexibility index (Phi) is 6.63. The SMILES string of the molecule is CCOc1cc(Nc2nc(=O)[nH]nc2C)c(OCC)cc1NC(=O)c1ccccc1. The van der Waals surface area contributed by atoms with Gasteiger partial charge in [0.25, 0.3) is 5.91 Å². The van der Waals surface area contributed by atoms with Gasteiger partial charge in [0.2, 0.25) is 0 Å².